The number of likely N-dealkylation sites (tertiary alicyclic amines) is 1. The highest BCUT2D eigenvalue weighted by molar-refractivity contribution is 5.76. The molecule has 3 unspecified atom stereocenters. The molecule has 1 aromatic carbocycles. The summed E-state index contributed by atoms with van der Waals surface area (Å²) in [5.74, 6) is -0.254. The van der Waals surface area contributed by atoms with Crippen LogP contribution >= 0.6 is 0 Å². The summed E-state index contributed by atoms with van der Waals surface area (Å²) in [5.41, 5.74) is 8.05. The molecule has 2 aliphatic rings. The van der Waals surface area contributed by atoms with E-state index in [1.807, 2.05) is 0 Å². The zero-order valence-electron chi connectivity index (χ0n) is 19.3. The third kappa shape index (κ3) is 4.81. The van der Waals surface area contributed by atoms with Crippen molar-refractivity contribution in [1.82, 2.24) is 25.2 Å². The number of anilines is 1. The maximum Gasteiger partial charge on any atom is 0.573 e. The normalized spacial score (nSPS) is 23.1. The molecule has 0 bridgehead atoms. The molecular weight excluding hydrogens is 480 g/mol. The molecule has 12 heteroatoms. The number of piperidine rings is 2. The zero-order chi connectivity index (χ0) is 25.4. The number of carbonyl (C=O) groups is 1. The van der Waals surface area contributed by atoms with Crippen molar-refractivity contribution in [2.45, 2.75) is 49.9 Å². The molecule has 2 aromatic heterocycles. The van der Waals surface area contributed by atoms with Gasteiger partial charge in [-0.1, -0.05) is 6.07 Å². The number of pyridine rings is 1. The SMILES string of the molecule is Nc1cc(OC(F)(F)F)ccc1C1CC(c2c(F)cnc3nc(C4CCCNC4)[nH]c23)CCN1C=O. The van der Waals surface area contributed by atoms with E-state index in [1.54, 1.807) is 0 Å². The van der Waals surface area contributed by atoms with Crippen LogP contribution in [0.25, 0.3) is 11.2 Å². The summed E-state index contributed by atoms with van der Waals surface area (Å²) in [6.07, 6.45) is -0.172. The smallest absolute Gasteiger partial charge is 0.406 e. The van der Waals surface area contributed by atoms with E-state index in [-0.39, 0.29) is 17.5 Å². The molecule has 36 heavy (non-hydrogen) atoms. The molecule has 2 aliphatic heterocycles. The van der Waals surface area contributed by atoms with Gasteiger partial charge in [0, 0.05) is 36.3 Å². The second-order valence-corrected chi connectivity index (χ2v) is 9.30. The Labute approximate surface area is 204 Å². The lowest BCUT2D eigenvalue weighted by molar-refractivity contribution is -0.274. The van der Waals surface area contributed by atoms with Crippen LogP contribution in [-0.2, 0) is 4.79 Å². The van der Waals surface area contributed by atoms with Gasteiger partial charge in [-0.15, -0.1) is 13.2 Å². The van der Waals surface area contributed by atoms with Crippen molar-refractivity contribution < 1.29 is 27.1 Å². The molecule has 192 valence electrons. The van der Waals surface area contributed by atoms with Crippen molar-refractivity contribution in [3.05, 3.63) is 47.2 Å². The standard InChI is InChI=1S/C24H26F4N6O2/c25-17-11-31-23-21(32-22(33-23)14-2-1-6-30-10-14)20(17)13-5-7-34(12-35)19(8-13)16-4-3-15(9-18(16)29)36-24(26,27)28/h3-4,9,11-14,19,30H,1-2,5-8,10,29H2,(H,31,32,33). The van der Waals surface area contributed by atoms with Crippen molar-refractivity contribution >= 4 is 23.3 Å². The van der Waals surface area contributed by atoms with E-state index in [4.69, 9.17) is 5.73 Å². The summed E-state index contributed by atoms with van der Waals surface area (Å²) in [6.45, 7) is 2.07. The Morgan fingerprint density at radius 2 is 2.06 bits per heavy atom. The van der Waals surface area contributed by atoms with Crippen molar-refractivity contribution in [1.29, 1.82) is 0 Å². The number of rotatable bonds is 5. The van der Waals surface area contributed by atoms with E-state index in [0.717, 1.165) is 43.9 Å². The number of hydrogen-bond acceptors (Lipinski definition) is 6. The molecule has 4 N–H and O–H groups in total. The number of amides is 1. The number of nitrogens with zero attached hydrogens (tertiary/aromatic N) is 3. The van der Waals surface area contributed by atoms with Gasteiger partial charge in [-0.05, 0) is 49.8 Å². The number of H-pyrrole nitrogens is 1. The van der Waals surface area contributed by atoms with Crippen LogP contribution in [-0.4, -0.2) is 52.3 Å². The number of nitrogen functional groups attached to an aromatic ring is 1. The molecule has 4 heterocycles. The zero-order valence-corrected chi connectivity index (χ0v) is 19.3. The van der Waals surface area contributed by atoms with Crippen LogP contribution in [0.1, 0.15) is 60.5 Å². The molecule has 8 nitrogen and oxygen atoms in total. The van der Waals surface area contributed by atoms with Crippen molar-refractivity contribution in [2.75, 3.05) is 25.4 Å². The average Bonchev–Trinajstić information content (AvgIpc) is 3.28. The van der Waals surface area contributed by atoms with Gasteiger partial charge in [0.1, 0.15) is 17.4 Å². The first-order valence-corrected chi connectivity index (χ1v) is 11.8. The Bertz CT molecular complexity index is 1260. The lowest BCUT2D eigenvalue weighted by atomic mass is 9.82. The number of hydrogen-bond donors (Lipinski definition) is 3. The molecule has 2 fully saturated rings. The van der Waals surface area contributed by atoms with Gasteiger partial charge in [0.15, 0.2) is 5.65 Å². The first kappa shape index (κ1) is 24.3. The summed E-state index contributed by atoms with van der Waals surface area (Å²) < 4.78 is 57.0. The molecule has 5 rings (SSSR count). The molecule has 3 atom stereocenters. The van der Waals surface area contributed by atoms with Gasteiger partial charge >= 0.3 is 6.36 Å². The van der Waals surface area contributed by atoms with E-state index in [2.05, 4.69) is 25.0 Å². The van der Waals surface area contributed by atoms with Crippen LogP contribution in [0.5, 0.6) is 5.75 Å². The second kappa shape index (κ2) is 9.57. The van der Waals surface area contributed by atoms with Crippen LogP contribution < -0.4 is 15.8 Å². The van der Waals surface area contributed by atoms with Crippen molar-refractivity contribution in [2.24, 2.45) is 0 Å². The molecular formula is C24H26F4N6O2. The van der Waals surface area contributed by atoms with Crippen LogP contribution in [0, 0.1) is 5.82 Å². The number of fused-ring (bicyclic) bond motifs is 1. The van der Waals surface area contributed by atoms with Gasteiger partial charge < -0.3 is 25.7 Å². The van der Waals surface area contributed by atoms with E-state index < -0.39 is 24.0 Å². The number of nitrogens with one attached hydrogen (secondary N) is 2. The minimum Gasteiger partial charge on any atom is -0.406 e. The summed E-state index contributed by atoms with van der Waals surface area (Å²) >= 11 is 0. The third-order valence-corrected chi connectivity index (χ3v) is 7.05. The van der Waals surface area contributed by atoms with Gasteiger partial charge in [0.25, 0.3) is 0 Å². The summed E-state index contributed by atoms with van der Waals surface area (Å²) in [5, 5.41) is 3.35. The van der Waals surface area contributed by atoms with Gasteiger partial charge in [-0.25, -0.2) is 14.4 Å². The third-order valence-electron chi connectivity index (χ3n) is 7.05. The van der Waals surface area contributed by atoms with E-state index in [1.165, 1.54) is 17.2 Å². The summed E-state index contributed by atoms with van der Waals surface area (Å²) in [4.78, 5) is 25.5. The largest absolute Gasteiger partial charge is 0.573 e. The maximum absolute atomic E-state index is 15.2. The Kier molecular flexibility index (Phi) is 6.45. The van der Waals surface area contributed by atoms with Gasteiger partial charge in [0.2, 0.25) is 6.41 Å². The topological polar surface area (TPSA) is 109 Å². The second-order valence-electron chi connectivity index (χ2n) is 9.30. The van der Waals surface area contributed by atoms with E-state index >= 15 is 4.39 Å². The lowest BCUT2D eigenvalue weighted by Crippen LogP contribution is -2.36. The highest BCUT2D eigenvalue weighted by Crippen LogP contribution is 2.43. The molecule has 0 radical (unpaired) electrons. The summed E-state index contributed by atoms with van der Waals surface area (Å²) in [7, 11) is 0. The average molecular weight is 507 g/mol. The number of nitrogens with two attached hydrogens (primary N) is 1. The van der Waals surface area contributed by atoms with Crippen LogP contribution in [0.2, 0.25) is 0 Å². The Morgan fingerprint density at radius 1 is 1.22 bits per heavy atom. The predicted octanol–water partition coefficient (Wildman–Crippen LogP) is 4.12. The number of aromatic amines is 1. The lowest BCUT2D eigenvalue weighted by Gasteiger charge is -2.38. The van der Waals surface area contributed by atoms with Crippen molar-refractivity contribution in [3.63, 3.8) is 0 Å². The Balaban J connectivity index is 1.47. The monoisotopic (exact) mass is 506 g/mol. The first-order valence-electron chi connectivity index (χ1n) is 11.8. The van der Waals surface area contributed by atoms with Crippen molar-refractivity contribution in [3.8, 4) is 5.75 Å². The first-order chi connectivity index (χ1) is 17.2. The maximum atomic E-state index is 15.2. The molecule has 0 spiro atoms. The van der Waals surface area contributed by atoms with E-state index in [0.29, 0.717) is 48.1 Å². The minimum absolute atomic E-state index is 0.0585. The van der Waals surface area contributed by atoms with Crippen LogP contribution in [0.15, 0.2) is 24.4 Å². The minimum atomic E-state index is -4.85. The molecule has 2 saturated heterocycles. The van der Waals surface area contributed by atoms with Gasteiger partial charge in [-0.3, -0.25) is 4.79 Å². The Morgan fingerprint density at radius 3 is 2.75 bits per heavy atom. The molecule has 0 saturated carbocycles. The van der Waals surface area contributed by atoms with Gasteiger partial charge in [0.05, 0.1) is 17.8 Å². The van der Waals surface area contributed by atoms with E-state index in [9.17, 15) is 18.0 Å². The molecule has 0 aliphatic carbocycles. The van der Waals surface area contributed by atoms with Gasteiger partial charge in [-0.2, -0.15) is 0 Å². The number of imidazole rings is 1. The van der Waals surface area contributed by atoms with Crippen LogP contribution in [0.4, 0.5) is 23.2 Å². The number of aromatic nitrogens is 3. The molecule has 1 amide bonds. The highest BCUT2D eigenvalue weighted by atomic mass is 19.4. The fourth-order valence-corrected chi connectivity index (χ4v) is 5.38. The fraction of sp³-hybridized carbons (Fsp3) is 0.458. The quantitative estimate of drug-likeness (QED) is 0.273. The fourth-order valence-electron chi connectivity index (χ4n) is 5.38. The highest BCUT2D eigenvalue weighted by Gasteiger charge is 2.35. The number of ether oxygens (including phenoxy) is 1. The number of halogens is 4. The number of alkyl halides is 3. The number of carbonyl (C=O) groups excluding carboxylic acids is 1. The van der Waals surface area contributed by atoms with Crippen LogP contribution in [0.3, 0.4) is 0 Å². The Hall–Kier alpha value is -3.41. The number of benzene rings is 1. The molecule has 3 aromatic rings. The summed E-state index contributed by atoms with van der Waals surface area (Å²) in [6, 6.07) is 3.12. The predicted molar refractivity (Wildman–Crippen MR) is 124 cm³/mol.